The van der Waals surface area contributed by atoms with Crippen molar-refractivity contribution in [3.63, 3.8) is 0 Å². The molecule has 0 saturated carbocycles. The molecule has 0 spiro atoms. The van der Waals surface area contributed by atoms with Crippen LogP contribution < -0.4 is 14.8 Å². The van der Waals surface area contributed by atoms with E-state index in [1.807, 2.05) is 12.3 Å². The molecule has 0 amide bonds. The van der Waals surface area contributed by atoms with E-state index in [9.17, 15) is 0 Å². The Morgan fingerprint density at radius 1 is 1.09 bits per heavy atom. The van der Waals surface area contributed by atoms with Crippen LogP contribution >= 0.6 is 12.2 Å². The van der Waals surface area contributed by atoms with Crippen molar-refractivity contribution < 1.29 is 14.2 Å². The van der Waals surface area contributed by atoms with E-state index >= 15 is 0 Å². The van der Waals surface area contributed by atoms with Gasteiger partial charge in [0.2, 0.25) is 0 Å². The minimum Gasteiger partial charge on any atom is -0.497 e. The van der Waals surface area contributed by atoms with E-state index in [4.69, 9.17) is 31.4 Å². The fourth-order valence-electron chi connectivity index (χ4n) is 4.57. The van der Waals surface area contributed by atoms with Crippen molar-refractivity contribution in [3.05, 3.63) is 42.0 Å². The lowest BCUT2D eigenvalue weighted by atomic mass is 9.96. The summed E-state index contributed by atoms with van der Waals surface area (Å²) in [7, 11) is 3.35. The number of hydrogen-bond acceptors (Lipinski definition) is 6. The van der Waals surface area contributed by atoms with Crippen LogP contribution in [0.5, 0.6) is 11.5 Å². The van der Waals surface area contributed by atoms with Crippen LogP contribution in [0, 0.1) is 0 Å². The molecule has 33 heavy (non-hydrogen) atoms. The van der Waals surface area contributed by atoms with E-state index in [0.29, 0.717) is 5.92 Å². The smallest absolute Gasteiger partial charge is 0.168 e. The first-order chi connectivity index (χ1) is 16.2. The average molecular weight is 474 g/mol. The molecule has 180 valence electrons. The van der Waals surface area contributed by atoms with Crippen LogP contribution in [0.3, 0.4) is 0 Å². The van der Waals surface area contributed by atoms with Gasteiger partial charge >= 0.3 is 0 Å². The number of rotatable bonds is 8. The zero-order valence-electron chi connectivity index (χ0n) is 19.7. The van der Waals surface area contributed by atoms with E-state index in [-0.39, 0.29) is 0 Å². The fourth-order valence-corrected chi connectivity index (χ4v) is 4.85. The van der Waals surface area contributed by atoms with Crippen LogP contribution in [-0.4, -0.2) is 91.2 Å². The first-order valence-electron chi connectivity index (χ1n) is 11.7. The molecule has 0 radical (unpaired) electrons. The number of piperidine rings is 1. The maximum atomic E-state index is 5.67. The van der Waals surface area contributed by atoms with Gasteiger partial charge in [-0.1, -0.05) is 0 Å². The molecule has 0 bridgehead atoms. The molecule has 0 unspecified atom stereocenters. The second kappa shape index (κ2) is 11.7. The molecule has 2 aliphatic heterocycles. The van der Waals surface area contributed by atoms with Gasteiger partial charge in [0.25, 0.3) is 0 Å². The van der Waals surface area contributed by atoms with Gasteiger partial charge in [-0.2, -0.15) is 0 Å². The number of ether oxygens (including phenoxy) is 3. The van der Waals surface area contributed by atoms with Gasteiger partial charge in [0.1, 0.15) is 17.3 Å². The number of methoxy groups -OCH3 is 2. The number of nitrogens with zero attached hydrogens (tertiary/aromatic N) is 4. The quantitative estimate of drug-likeness (QED) is 0.586. The molecule has 9 heteroatoms. The fraction of sp³-hybridized carbons (Fsp3) is 0.583. The topological polar surface area (TPSA) is 64.0 Å². The van der Waals surface area contributed by atoms with Gasteiger partial charge in [-0.15, -0.1) is 0 Å². The molecular formula is C24H35N5O3S. The summed E-state index contributed by atoms with van der Waals surface area (Å²) in [6.07, 6.45) is 6.05. The minimum atomic E-state index is 0.430. The number of nitrogens with one attached hydrogen (secondary N) is 1. The number of imidazole rings is 1. The minimum absolute atomic E-state index is 0.430. The molecule has 2 saturated heterocycles. The van der Waals surface area contributed by atoms with Crippen LogP contribution in [0.25, 0.3) is 0 Å². The highest BCUT2D eigenvalue weighted by atomic mass is 32.1. The predicted molar refractivity (Wildman–Crippen MR) is 132 cm³/mol. The average Bonchev–Trinajstić information content (AvgIpc) is 3.32. The maximum Gasteiger partial charge on any atom is 0.168 e. The van der Waals surface area contributed by atoms with Crippen LogP contribution in [-0.2, 0) is 11.3 Å². The zero-order chi connectivity index (χ0) is 23.0. The van der Waals surface area contributed by atoms with Crippen molar-refractivity contribution in [2.75, 3.05) is 66.7 Å². The number of likely N-dealkylation sites (tertiary alicyclic amines) is 1. The summed E-state index contributed by atoms with van der Waals surface area (Å²) in [6.45, 7) is 8.22. The van der Waals surface area contributed by atoms with E-state index in [1.165, 1.54) is 0 Å². The third kappa shape index (κ3) is 6.37. The monoisotopic (exact) mass is 473 g/mol. The van der Waals surface area contributed by atoms with Crippen LogP contribution in [0.1, 0.15) is 30.1 Å². The summed E-state index contributed by atoms with van der Waals surface area (Å²) in [5.41, 5.74) is 1.13. The Hall–Kier alpha value is -2.36. The maximum absolute atomic E-state index is 5.67. The van der Waals surface area contributed by atoms with Gasteiger partial charge in [-0.05, 0) is 42.8 Å². The summed E-state index contributed by atoms with van der Waals surface area (Å²) in [5.74, 6) is 3.17. The summed E-state index contributed by atoms with van der Waals surface area (Å²) in [5, 5.41) is 4.31. The van der Waals surface area contributed by atoms with E-state index in [2.05, 4.69) is 38.0 Å². The van der Waals surface area contributed by atoms with Crippen molar-refractivity contribution in [3.8, 4) is 11.5 Å². The third-order valence-corrected chi connectivity index (χ3v) is 6.87. The second-order valence-electron chi connectivity index (χ2n) is 8.58. The van der Waals surface area contributed by atoms with Crippen molar-refractivity contribution in [2.24, 2.45) is 0 Å². The predicted octanol–water partition coefficient (Wildman–Crippen LogP) is 2.33. The zero-order valence-corrected chi connectivity index (χ0v) is 20.5. The molecule has 1 aromatic heterocycles. The second-order valence-corrected chi connectivity index (χ2v) is 8.97. The number of thiocarbonyl (C=S) groups is 1. The third-order valence-electron chi connectivity index (χ3n) is 6.47. The van der Waals surface area contributed by atoms with Gasteiger partial charge in [-0.25, -0.2) is 4.98 Å². The van der Waals surface area contributed by atoms with Gasteiger partial charge in [0.15, 0.2) is 5.11 Å². The SMILES string of the molecule is COc1cc(Cn2ccnc2C2CCN(C(=S)NCCN3CCOCC3)CC2)cc(OC)c1. The summed E-state index contributed by atoms with van der Waals surface area (Å²) >= 11 is 5.67. The van der Waals surface area contributed by atoms with E-state index in [1.54, 1.807) is 14.2 Å². The largest absolute Gasteiger partial charge is 0.497 e. The molecule has 3 heterocycles. The standard InChI is InChI=1S/C24H35N5O3S/c1-30-21-15-19(16-22(17-21)31-2)18-29-10-6-25-23(29)20-3-7-28(8-4-20)24(33)26-5-9-27-11-13-32-14-12-27/h6,10,15-17,20H,3-5,7-9,11-14,18H2,1-2H3,(H,26,33). The highest BCUT2D eigenvalue weighted by Gasteiger charge is 2.25. The molecule has 0 aliphatic carbocycles. The van der Waals surface area contributed by atoms with Crippen molar-refractivity contribution in [2.45, 2.75) is 25.3 Å². The Bertz CT molecular complexity index is 885. The van der Waals surface area contributed by atoms with Crippen LogP contribution in [0.15, 0.2) is 30.6 Å². The summed E-state index contributed by atoms with van der Waals surface area (Å²) < 4.78 is 18.5. The molecule has 1 N–H and O–H groups in total. The molecule has 8 nitrogen and oxygen atoms in total. The highest BCUT2D eigenvalue weighted by molar-refractivity contribution is 7.80. The number of aromatic nitrogens is 2. The Balaban J connectivity index is 1.28. The van der Waals surface area contributed by atoms with E-state index < -0.39 is 0 Å². The Labute approximate surface area is 201 Å². The molecule has 2 aromatic rings. The highest BCUT2D eigenvalue weighted by Crippen LogP contribution is 2.29. The molecule has 4 rings (SSSR count). The van der Waals surface area contributed by atoms with Crippen molar-refractivity contribution >= 4 is 17.3 Å². The Kier molecular flexibility index (Phi) is 8.41. The van der Waals surface area contributed by atoms with Gasteiger partial charge in [0, 0.05) is 70.2 Å². The number of benzene rings is 1. The van der Waals surface area contributed by atoms with Crippen molar-refractivity contribution in [1.29, 1.82) is 0 Å². The summed E-state index contributed by atoms with van der Waals surface area (Å²) in [4.78, 5) is 9.43. The lowest BCUT2D eigenvalue weighted by Crippen LogP contribution is -2.47. The number of hydrogen-bond donors (Lipinski definition) is 1. The molecule has 2 fully saturated rings. The first-order valence-corrected chi connectivity index (χ1v) is 12.1. The lowest BCUT2D eigenvalue weighted by Gasteiger charge is -2.34. The normalized spacial score (nSPS) is 17.7. The van der Waals surface area contributed by atoms with Crippen LogP contribution in [0.4, 0.5) is 0 Å². The lowest BCUT2D eigenvalue weighted by molar-refractivity contribution is 0.0388. The van der Waals surface area contributed by atoms with Gasteiger partial charge in [-0.3, -0.25) is 4.90 Å². The molecule has 1 aromatic carbocycles. The summed E-state index contributed by atoms with van der Waals surface area (Å²) in [6, 6.07) is 6.00. The Morgan fingerprint density at radius 2 is 1.79 bits per heavy atom. The molecule has 0 atom stereocenters. The van der Waals surface area contributed by atoms with Gasteiger partial charge in [0.05, 0.1) is 27.4 Å². The van der Waals surface area contributed by atoms with E-state index in [0.717, 1.165) is 99.9 Å². The number of morpholine rings is 1. The molecule has 2 aliphatic rings. The van der Waals surface area contributed by atoms with Crippen molar-refractivity contribution in [1.82, 2.24) is 24.7 Å². The first kappa shape index (κ1) is 23.8. The molecular weight excluding hydrogens is 438 g/mol. The van der Waals surface area contributed by atoms with Gasteiger partial charge < -0.3 is 29.0 Å². The Morgan fingerprint density at radius 3 is 2.45 bits per heavy atom. The van der Waals surface area contributed by atoms with Crippen LogP contribution in [0.2, 0.25) is 0 Å².